The van der Waals surface area contributed by atoms with Crippen LogP contribution in [0, 0.1) is 17.5 Å². The van der Waals surface area contributed by atoms with Gasteiger partial charge in [0.05, 0.1) is 6.04 Å². The number of nitrogens with zero attached hydrogens (tertiary/aromatic N) is 1. The van der Waals surface area contributed by atoms with Crippen LogP contribution in [0.2, 0.25) is 0 Å². The summed E-state index contributed by atoms with van der Waals surface area (Å²) in [5, 5.41) is 9.29. The monoisotopic (exact) mass is 345 g/mol. The number of ether oxygens (including phenoxy) is 1. The first-order valence-corrected chi connectivity index (χ1v) is 7.40. The highest BCUT2D eigenvalue weighted by atomic mass is 19.2. The second kappa shape index (κ2) is 6.33. The molecule has 132 valence electrons. The highest BCUT2D eigenvalue weighted by Gasteiger charge is 2.44. The molecule has 24 heavy (non-hydrogen) atoms. The standard InChI is InChI=1S/C16H18F3NO4/c1-16(2,3)24-15(23)20-12(4-5-13(20)14(21)22)8-6-10(18)11(19)7-9(8)17/h6-7,12-13H,4-5H2,1-3H3,(H,21,22)/t12-,13+/m0/s1. The lowest BCUT2D eigenvalue weighted by atomic mass is 10.0. The maximum Gasteiger partial charge on any atom is 0.411 e. The minimum atomic E-state index is -1.35. The summed E-state index contributed by atoms with van der Waals surface area (Å²) in [6.45, 7) is 4.80. The summed E-state index contributed by atoms with van der Waals surface area (Å²) in [5.41, 5.74) is -1.16. The Balaban J connectivity index is 2.43. The largest absolute Gasteiger partial charge is 0.480 e. The molecular weight excluding hydrogens is 327 g/mol. The Morgan fingerprint density at radius 3 is 2.25 bits per heavy atom. The summed E-state index contributed by atoms with van der Waals surface area (Å²) in [4.78, 5) is 24.6. The molecule has 5 nitrogen and oxygen atoms in total. The van der Waals surface area contributed by atoms with Crippen molar-refractivity contribution >= 4 is 12.1 Å². The fourth-order valence-corrected chi connectivity index (χ4v) is 2.72. The molecule has 1 N–H and O–H groups in total. The predicted octanol–water partition coefficient (Wildman–Crippen LogP) is 3.63. The van der Waals surface area contributed by atoms with Gasteiger partial charge in [0.1, 0.15) is 17.5 Å². The predicted molar refractivity (Wildman–Crippen MR) is 77.8 cm³/mol. The highest BCUT2D eigenvalue weighted by molar-refractivity contribution is 5.81. The van der Waals surface area contributed by atoms with Crippen molar-refractivity contribution in [3.05, 3.63) is 35.1 Å². The maximum absolute atomic E-state index is 14.1. The number of halogens is 3. The van der Waals surface area contributed by atoms with Gasteiger partial charge in [-0.15, -0.1) is 0 Å². The van der Waals surface area contributed by atoms with Gasteiger partial charge in [0.15, 0.2) is 11.6 Å². The van der Waals surface area contributed by atoms with Gasteiger partial charge in [-0.05, 0) is 39.7 Å². The van der Waals surface area contributed by atoms with Crippen molar-refractivity contribution in [3.63, 3.8) is 0 Å². The average molecular weight is 345 g/mol. The summed E-state index contributed by atoms with van der Waals surface area (Å²) < 4.78 is 45.8. The molecule has 1 amide bonds. The number of hydrogen-bond donors (Lipinski definition) is 1. The quantitative estimate of drug-likeness (QED) is 0.831. The van der Waals surface area contributed by atoms with Gasteiger partial charge >= 0.3 is 12.1 Å². The van der Waals surface area contributed by atoms with Crippen LogP contribution in [0.15, 0.2) is 12.1 Å². The smallest absolute Gasteiger partial charge is 0.411 e. The summed E-state index contributed by atoms with van der Waals surface area (Å²) in [6, 6.07) is -1.24. The second-order valence-electron chi connectivity index (χ2n) is 6.62. The van der Waals surface area contributed by atoms with E-state index in [-0.39, 0.29) is 18.4 Å². The average Bonchev–Trinajstić information content (AvgIpc) is 2.85. The zero-order chi connectivity index (χ0) is 18.2. The lowest BCUT2D eigenvalue weighted by Gasteiger charge is -2.31. The topological polar surface area (TPSA) is 66.8 Å². The molecule has 8 heteroatoms. The normalized spacial score (nSPS) is 21.0. The molecule has 0 aliphatic carbocycles. The van der Waals surface area contributed by atoms with Crippen molar-refractivity contribution < 1.29 is 32.6 Å². The number of benzene rings is 1. The molecule has 0 radical (unpaired) electrons. The number of likely N-dealkylation sites (tertiary alicyclic amines) is 1. The summed E-state index contributed by atoms with van der Waals surface area (Å²) in [7, 11) is 0. The number of carboxylic acid groups (broad SMARTS) is 1. The number of hydrogen-bond acceptors (Lipinski definition) is 3. The van der Waals surface area contributed by atoms with E-state index < -0.39 is 47.2 Å². The molecule has 2 rings (SSSR count). The fraction of sp³-hybridized carbons (Fsp3) is 0.500. The Kier molecular flexibility index (Phi) is 4.77. The number of carbonyl (C=O) groups is 2. The maximum atomic E-state index is 14.1. The molecule has 1 fully saturated rings. The first kappa shape index (κ1) is 18.1. The molecule has 1 heterocycles. The fourth-order valence-electron chi connectivity index (χ4n) is 2.72. The van der Waals surface area contributed by atoms with Crippen LogP contribution in [0.25, 0.3) is 0 Å². The number of aliphatic carboxylic acids is 1. The van der Waals surface area contributed by atoms with Crippen LogP contribution in [-0.2, 0) is 9.53 Å². The molecule has 0 unspecified atom stereocenters. The van der Waals surface area contributed by atoms with E-state index in [0.29, 0.717) is 12.1 Å². The number of carbonyl (C=O) groups excluding carboxylic acids is 1. The Morgan fingerprint density at radius 2 is 1.71 bits per heavy atom. The van der Waals surface area contributed by atoms with E-state index >= 15 is 0 Å². The van der Waals surface area contributed by atoms with E-state index in [9.17, 15) is 27.9 Å². The van der Waals surface area contributed by atoms with E-state index in [4.69, 9.17) is 4.74 Å². The Morgan fingerprint density at radius 1 is 1.12 bits per heavy atom. The molecule has 1 aliphatic rings. The number of carboxylic acids is 1. The lowest BCUT2D eigenvalue weighted by molar-refractivity contribution is -0.142. The minimum absolute atomic E-state index is 0.0533. The van der Waals surface area contributed by atoms with Gasteiger partial charge in [-0.1, -0.05) is 0 Å². The lowest BCUT2D eigenvalue weighted by Crippen LogP contribution is -2.44. The summed E-state index contributed by atoms with van der Waals surface area (Å²) >= 11 is 0. The number of amides is 1. The minimum Gasteiger partial charge on any atom is -0.480 e. The van der Waals surface area contributed by atoms with E-state index in [1.807, 2.05) is 0 Å². The third-order valence-corrected chi connectivity index (χ3v) is 3.67. The summed E-state index contributed by atoms with van der Waals surface area (Å²) in [6.07, 6.45) is -0.794. The summed E-state index contributed by atoms with van der Waals surface area (Å²) in [5.74, 6) is -4.94. The van der Waals surface area contributed by atoms with Crippen molar-refractivity contribution in [3.8, 4) is 0 Å². The van der Waals surface area contributed by atoms with Gasteiger partial charge in [0, 0.05) is 11.6 Å². The second-order valence-corrected chi connectivity index (χ2v) is 6.62. The molecule has 1 saturated heterocycles. The third-order valence-electron chi connectivity index (χ3n) is 3.67. The molecule has 0 bridgehead atoms. The van der Waals surface area contributed by atoms with Crippen molar-refractivity contribution in [2.75, 3.05) is 0 Å². The molecule has 0 aromatic heterocycles. The molecule has 2 atom stereocenters. The highest BCUT2D eigenvalue weighted by Crippen LogP contribution is 2.39. The number of rotatable bonds is 2. The van der Waals surface area contributed by atoms with Gasteiger partial charge in [-0.3, -0.25) is 4.90 Å². The van der Waals surface area contributed by atoms with Gasteiger partial charge in [-0.2, -0.15) is 0 Å². The van der Waals surface area contributed by atoms with Crippen LogP contribution in [0.5, 0.6) is 0 Å². The van der Waals surface area contributed by atoms with Gasteiger partial charge in [0.2, 0.25) is 0 Å². The van der Waals surface area contributed by atoms with Gasteiger partial charge < -0.3 is 9.84 Å². The SMILES string of the molecule is CC(C)(C)OC(=O)N1[C@@H](C(=O)O)CC[C@H]1c1cc(F)c(F)cc1F. The van der Waals surface area contributed by atoms with E-state index in [1.54, 1.807) is 20.8 Å². The molecule has 1 aromatic carbocycles. The van der Waals surface area contributed by atoms with Crippen molar-refractivity contribution in [2.45, 2.75) is 51.3 Å². The van der Waals surface area contributed by atoms with Crippen molar-refractivity contribution in [1.82, 2.24) is 4.90 Å². The van der Waals surface area contributed by atoms with Gasteiger partial charge in [0.25, 0.3) is 0 Å². The Labute approximate surface area is 137 Å². The van der Waals surface area contributed by atoms with Crippen LogP contribution in [0.1, 0.15) is 45.2 Å². The van der Waals surface area contributed by atoms with Crippen molar-refractivity contribution in [2.24, 2.45) is 0 Å². The zero-order valence-corrected chi connectivity index (χ0v) is 13.5. The van der Waals surface area contributed by atoms with E-state index in [2.05, 4.69) is 0 Å². The Hall–Kier alpha value is -2.25. The molecule has 1 aliphatic heterocycles. The molecule has 0 spiro atoms. The molecular formula is C16H18F3NO4. The van der Waals surface area contributed by atoms with Crippen LogP contribution < -0.4 is 0 Å². The zero-order valence-electron chi connectivity index (χ0n) is 13.5. The van der Waals surface area contributed by atoms with E-state index in [1.165, 1.54) is 0 Å². The van der Waals surface area contributed by atoms with Crippen LogP contribution in [0.3, 0.4) is 0 Å². The van der Waals surface area contributed by atoms with Crippen molar-refractivity contribution in [1.29, 1.82) is 0 Å². The Bertz CT molecular complexity index is 672. The molecule has 1 aromatic rings. The molecule has 0 saturated carbocycles. The van der Waals surface area contributed by atoms with Crippen LogP contribution in [-0.4, -0.2) is 33.7 Å². The third kappa shape index (κ3) is 3.63. The first-order valence-electron chi connectivity index (χ1n) is 7.40. The van der Waals surface area contributed by atoms with Gasteiger partial charge in [-0.25, -0.2) is 22.8 Å². The van der Waals surface area contributed by atoms with Crippen LogP contribution in [0.4, 0.5) is 18.0 Å². The van der Waals surface area contributed by atoms with E-state index in [0.717, 1.165) is 4.90 Å². The first-order chi connectivity index (χ1) is 11.0. The van der Waals surface area contributed by atoms with Crippen LogP contribution >= 0.6 is 0 Å².